The highest BCUT2D eigenvalue weighted by atomic mass is 32.2. The van der Waals surface area contributed by atoms with Crippen molar-refractivity contribution in [2.75, 3.05) is 50.5 Å². The zero-order chi connectivity index (χ0) is 22.7. The molecular weight excluding hydrogens is 430 g/mol. The van der Waals surface area contributed by atoms with E-state index in [1.54, 1.807) is 7.11 Å². The molecule has 0 N–H and O–H groups in total. The SMILES string of the molecule is COc1ccccc1N1CC2(CCN(CCCSc3nnc(-c4ccccc4)n3C)CC2)C1. The molecule has 6 nitrogen and oxygen atoms in total. The normalized spacial score (nSPS) is 17.8. The largest absolute Gasteiger partial charge is 0.495 e. The molecule has 3 heterocycles. The highest BCUT2D eigenvalue weighted by Crippen LogP contribution is 2.44. The van der Waals surface area contributed by atoms with Gasteiger partial charge in [0.25, 0.3) is 0 Å². The Hall–Kier alpha value is -2.51. The van der Waals surface area contributed by atoms with Gasteiger partial charge in [0.1, 0.15) is 5.75 Å². The third-order valence-electron chi connectivity index (χ3n) is 7.11. The number of hydrogen-bond donors (Lipinski definition) is 0. The van der Waals surface area contributed by atoms with Gasteiger partial charge in [-0.25, -0.2) is 0 Å². The highest BCUT2D eigenvalue weighted by Gasteiger charge is 2.45. The summed E-state index contributed by atoms with van der Waals surface area (Å²) < 4.78 is 7.66. The van der Waals surface area contributed by atoms with Crippen LogP contribution in [-0.4, -0.2) is 65.3 Å². The van der Waals surface area contributed by atoms with E-state index in [9.17, 15) is 0 Å². The lowest BCUT2D eigenvalue weighted by Crippen LogP contribution is -2.60. The Kier molecular flexibility index (Phi) is 6.60. The van der Waals surface area contributed by atoms with Crippen LogP contribution in [0.3, 0.4) is 0 Å². The smallest absolute Gasteiger partial charge is 0.191 e. The molecule has 1 aromatic heterocycles. The summed E-state index contributed by atoms with van der Waals surface area (Å²) in [6.45, 7) is 5.92. The van der Waals surface area contributed by atoms with E-state index in [2.05, 4.69) is 61.9 Å². The predicted molar refractivity (Wildman–Crippen MR) is 135 cm³/mol. The van der Waals surface area contributed by atoms with Gasteiger partial charge in [-0.1, -0.05) is 54.2 Å². The fraction of sp³-hybridized carbons (Fsp3) is 0.462. The molecule has 0 amide bonds. The fourth-order valence-electron chi connectivity index (χ4n) is 5.12. The maximum Gasteiger partial charge on any atom is 0.191 e. The van der Waals surface area contributed by atoms with Crippen molar-refractivity contribution in [2.45, 2.75) is 24.4 Å². The molecule has 0 aliphatic carbocycles. The molecule has 0 bridgehead atoms. The topological polar surface area (TPSA) is 46.4 Å². The summed E-state index contributed by atoms with van der Waals surface area (Å²) in [6, 6.07) is 18.7. The minimum atomic E-state index is 0.499. The Balaban J connectivity index is 1.04. The van der Waals surface area contributed by atoms with Gasteiger partial charge in [0, 0.05) is 36.9 Å². The molecule has 2 aliphatic rings. The van der Waals surface area contributed by atoms with Crippen molar-refractivity contribution < 1.29 is 4.74 Å². The van der Waals surface area contributed by atoms with Crippen molar-refractivity contribution >= 4 is 17.4 Å². The van der Waals surface area contributed by atoms with E-state index < -0.39 is 0 Å². The van der Waals surface area contributed by atoms with Crippen LogP contribution in [0.4, 0.5) is 5.69 Å². The second-order valence-electron chi connectivity index (χ2n) is 9.30. The molecular formula is C26H33N5OS. The lowest BCUT2D eigenvalue weighted by molar-refractivity contribution is 0.0764. The molecule has 0 atom stereocenters. The van der Waals surface area contributed by atoms with E-state index in [4.69, 9.17) is 4.74 Å². The molecule has 2 aromatic carbocycles. The van der Waals surface area contributed by atoms with Crippen molar-refractivity contribution in [2.24, 2.45) is 12.5 Å². The van der Waals surface area contributed by atoms with Crippen LogP contribution in [0.1, 0.15) is 19.3 Å². The molecule has 0 unspecified atom stereocenters. The van der Waals surface area contributed by atoms with Gasteiger partial charge in [-0.05, 0) is 51.0 Å². The summed E-state index contributed by atoms with van der Waals surface area (Å²) >= 11 is 1.81. The number of piperidine rings is 1. The average Bonchev–Trinajstić information content (AvgIpc) is 3.21. The van der Waals surface area contributed by atoms with Crippen LogP contribution in [0, 0.1) is 5.41 Å². The number of likely N-dealkylation sites (tertiary alicyclic amines) is 1. The number of rotatable bonds is 8. The molecule has 3 aromatic rings. The van der Waals surface area contributed by atoms with Gasteiger partial charge in [-0.3, -0.25) is 0 Å². The van der Waals surface area contributed by atoms with Crippen LogP contribution in [0.5, 0.6) is 5.75 Å². The number of thioether (sulfide) groups is 1. The van der Waals surface area contributed by atoms with Gasteiger partial charge >= 0.3 is 0 Å². The molecule has 33 heavy (non-hydrogen) atoms. The number of ether oxygens (including phenoxy) is 1. The minimum absolute atomic E-state index is 0.499. The van der Waals surface area contributed by atoms with Gasteiger partial charge in [0.15, 0.2) is 11.0 Å². The number of aromatic nitrogens is 3. The Morgan fingerprint density at radius 1 is 0.970 bits per heavy atom. The van der Waals surface area contributed by atoms with Gasteiger partial charge in [-0.2, -0.15) is 0 Å². The summed E-state index contributed by atoms with van der Waals surface area (Å²) in [5, 5.41) is 9.80. The van der Waals surface area contributed by atoms with Crippen LogP contribution >= 0.6 is 11.8 Å². The van der Waals surface area contributed by atoms with E-state index in [1.807, 2.05) is 36.0 Å². The zero-order valence-electron chi connectivity index (χ0n) is 19.6. The summed E-state index contributed by atoms with van der Waals surface area (Å²) in [5.41, 5.74) is 2.85. The lowest BCUT2D eigenvalue weighted by atomic mass is 9.71. The third-order valence-corrected chi connectivity index (χ3v) is 8.22. The molecule has 0 saturated carbocycles. The van der Waals surface area contributed by atoms with E-state index in [1.165, 1.54) is 44.6 Å². The van der Waals surface area contributed by atoms with Crippen molar-refractivity contribution in [1.29, 1.82) is 0 Å². The second kappa shape index (κ2) is 9.77. The van der Waals surface area contributed by atoms with E-state index in [-0.39, 0.29) is 0 Å². The van der Waals surface area contributed by atoms with Crippen molar-refractivity contribution in [3.8, 4) is 17.1 Å². The molecule has 2 saturated heterocycles. The molecule has 1 spiro atoms. The van der Waals surface area contributed by atoms with Gasteiger partial charge in [0.2, 0.25) is 0 Å². The number of anilines is 1. The van der Waals surface area contributed by atoms with E-state index in [0.29, 0.717) is 5.41 Å². The molecule has 7 heteroatoms. The van der Waals surface area contributed by atoms with Crippen molar-refractivity contribution in [3.05, 3.63) is 54.6 Å². The van der Waals surface area contributed by atoms with Crippen molar-refractivity contribution in [1.82, 2.24) is 19.7 Å². The Morgan fingerprint density at radius 3 is 2.45 bits per heavy atom. The van der Waals surface area contributed by atoms with Crippen LogP contribution in [0.15, 0.2) is 59.8 Å². The number of hydrogen-bond acceptors (Lipinski definition) is 6. The van der Waals surface area contributed by atoms with Gasteiger partial charge < -0.3 is 19.1 Å². The Morgan fingerprint density at radius 2 is 1.70 bits per heavy atom. The van der Waals surface area contributed by atoms with Crippen LogP contribution < -0.4 is 9.64 Å². The van der Waals surface area contributed by atoms with Crippen LogP contribution in [0.2, 0.25) is 0 Å². The number of para-hydroxylation sites is 2. The first-order chi connectivity index (χ1) is 16.2. The van der Waals surface area contributed by atoms with E-state index in [0.717, 1.165) is 41.1 Å². The monoisotopic (exact) mass is 463 g/mol. The Labute approximate surface area is 200 Å². The highest BCUT2D eigenvalue weighted by molar-refractivity contribution is 7.99. The summed E-state index contributed by atoms with van der Waals surface area (Å²) in [6.07, 6.45) is 3.78. The quantitative estimate of drug-likeness (QED) is 0.360. The fourth-order valence-corrected chi connectivity index (χ4v) is 5.96. The molecule has 5 rings (SSSR count). The minimum Gasteiger partial charge on any atom is -0.495 e. The summed E-state index contributed by atoms with van der Waals surface area (Å²) in [5.74, 6) is 2.99. The summed E-state index contributed by atoms with van der Waals surface area (Å²) in [7, 11) is 3.82. The third kappa shape index (κ3) is 4.75. The van der Waals surface area contributed by atoms with Gasteiger partial charge in [0.05, 0.1) is 12.8 Å². The first-order valence-electron chi connectivity index (χ1n) is 11.9. The number of methoxy groups -OCH3 is 1. The van der Waals surface area contributed by atoms with E-state index >= 15 is 0 Å². The second-order valence-corrected chi connectivity index (χ2v) is 10.4. The summed E-state index contributed by atoms with van der Waals surface area (Å²) in [4.78, 5) is 5.12. The van der Waals surface area contributed by atoms with Gasteiger partial charge in [-0.15, -0.1) is 10.2 Å². The number of benzene rings is 2. The molecule has 2 aliphatic heterocycles. The average molecular weight is 464 g/mol. The maximum absolute atomic E-state index is 5.55. The maximum atomic E-state index is 5.55. The zero-order valence-corrected chi connectivity index (χ0v) is 20.4. The molecule has 174 valence electrons. The lowest BCUT2D eigenvalue weighted by Gasteiger charge is -2.55. The number of nitrogens with zero attached hydrogens (tertiary/aromatic N) is 5. The standard InChI is InChI=1S/C26H33N5OS/c1-29-24(21-9-4-3-5-10-21)27-28-25(29)33-18-8-15-30-16-13-26(14-17-30)19-31(20-26)22-11-6-7-12-23(22)32-2/h3-7,9-12H,8,13-20H2,1-2H3. The van der Waals surface area contributed by atoms with Crippen molar-refractivity contribution in [3.63, 3.8) is 0 Å². The molecule has 2 fully saturated rings. The van der Waals surface area contributed by atoms with Crippen LogP contribution in [0.25, 0.3) is 11.4 Å². The predicted octanol–water partition coefficient (Wildman–Crippen LogP) is 4.58. The first-order valence-corrected chi connectivity index (χ1v) is 12.8. The van der Waals surface area contributed by atoms with Crippen LogP contribution in [-0.2, 0) is 7.05 Å². The first kappa shape index (κ1) is 22.3. The Bertz CT molecular complexity index is 1050. The molecule has 0 radical (unpaired) electrons.